The van der Waals surface area contributed by atoms with Crippen LogP contribution in [0, 0.1) is 5.92 Å². The van der Waals surface area contributed by atoms with Crippen LogP contribution < -0.4 is 0 Å². The number of hydrogen-bond donors (Lipinski definition) is 0. The maximum absolute atomic E-state index is 2.39. The Labute approximate surface area is 114 Å². The molecular weight excluding hydrogens is 216 g/mol. The van der Waals surface area contributed by atoms with Gasteiger partial charge in [-0.2, -0.15) is 0 Å². The molecule has 0 aliphatic carbocycles. The third kappa shape index (κ3) is 7.53. The fourth-order valence-corrected chi connectivity index (χ4v) is 2.57. The van der Waals surface area contributed by atoms with E-state index in [2.05, 4.69) is 44.2 Å². The van der Waals surface area contributed by atoms with Gasteiger partial charge in [-0.3, -0.25) is 0 Å². The van der Waals surface area contributed by atoms with Gasteiger partial charge in [0.2, 0.25) is 0 Å². The predicted octanol–water partition coefficient (Wildman–Crippen LogP) is 6.01. The highest BCUT2D eigenvalue weighted by Gasteiger charge is 2.03. The van der Waals surface area contributed by atoms with Gasteiger partial charge in [-0.1, -0.05) is 95.5 Å². The molecule has 1 atom stereocenters. The molecule has 0 amide bonds. The van der Waals surface area contributed by atoms with Gasteiger partial charge in [0.25, 0.3) is 0 Å². The van der Waals surface area contributed by atoms with Crippen LogP contribution in [0.25, 0.3) is 0 Å². The summed E-state index contributed by atoms with van der Waals surface area (Å²) in [7, 11) is 0. The number of rotatable bonds is 10. The predicted molar refractivity (Wildman–Crippen MR) is 81.9 cm³/mol. The molecule has 0 radical (unpaired) electrons. The molecule has 1 rings (SSSR count). The molecule has 1 unspecified atom stereocenters. The molecule has 0 heterocycles. The lowest BCUT2D eigenvalue weighted by Gasteiger charge is -2.11. The normalized spacial score (nSPS) is 12.6. The molecule has 18 heavy (non-hydrogen) atoms. The lowest BCUT2D eigenvalue weighted by Crippen LogP contribution is -1.99. The standard InChI is InChI=1S/C18H30/c1-3-4-5-6-7-8-10-13-17(2)16-18-14-11-9-12-15-18/h9,11-12,14-15,17H,3-8,10,13,16H2,1-2H3. The van der Waals surface area contributed by atoms with Crippen molar-refractivity contribution in [1.29, 1.82) is 0 Å². The van der Waals surface area contributed by atoms with Gasteiger partial charge >= 0.3 is 0 Å². The van der Waals surface area contributed by atoms with Crippen LogP contribution in [0.3, 0.4) is 0 Å². The summed E-state index contributed by atoms with van der Waals surface area (Å²) < 4.78 is 0. The molecule has 0 N–H and O–H groups in total. The van der Waals surface area contributed by atoms with Gasteiger partial charge in [0, 0.05) is 0 Å². The molecule has 1 aromatic rings. The van der Waals surface area contributed by atoms with Crippen molar-refractivity contribution in [2.75, 3.05) is 0 Å². The quantitative estimate of drug-likeness (QED) is 0.444. The molecule has 1 aromatic carbocycles. The largest absolute Gasteiger partial charge is 0.0654 e. The minimum Gasteiger partial charge on any atom is -0.0654 e. The molecule has 0 fully saturated rings. The SMILES string of the molecule is CCCCCCCCCC(C)Cc1ccccc1. The Morgan fingerprint density at radius 1 is 0.833 bits per heavy atom. The van der Waals surface area contributed by atoms with Crippen LogP contribution in [0.15, 0.2) is 30.3 Å². The molecule has 0 aromatic heterocycles. The zero-order valence-corrected chi connectivity index (χ0v) is 12.3. The first-order valence-electron chi connectivity index (χ1n) is 7.87. The Morgan fingerprint density at radius 2 is 1.44 bits per heavy atom. The van der Waals surface area contributed by atoms with E-state index in [0.29, 0.717) is 0 Å². The van der Waals surface area contributed by atoms with Gasteiger partial charge in [0.05, 0.1) is 0 Å². The highest BCUT2D eigenvalue weighted by Crippen LogP contribution is 2.16. The van der Waals surface area contributed by atoms with Crippen molar-refractivity contribution in [3.63, 3.8) is 0 Å². The summed E-state index contributed by atoms with van der Waals surface area (Å²) in [6, 6.07) is 10.9. The fraction of sp³-hybridized carbons (Fsp3) is 0.667. The number of benzene rings is 1. The molecule has 0 nitrogen and oxygen atoms in total. The molecule has 0 saturated carbocycles. The van der Waals surface area contributed by atoms with Crippen molar-refractivity contribution in [1.82, 2.24) is 0 Å². The average Bonchev–Trinajstić information content (AvgIpc) is 2.39. The van der Waals surface area contributed by atoms with Crippen molar-refractivity contribution in [3.05, 3.63) is 35.9 Å². The van der Waals surface area contributed by atoms with Crippen LogP contribution in [0.2, 0.25) is 0 Å². The molecular formula is C18H30. The Kier molecular flexibility index (Phi) is 8.63. The first-order valence-corrected chi connectivity index (χ1v) is 7.87. The minimum absolute atomic E-state index is 0.836. The Balaban J connectivity index is 1.99. The lowest BCUT2D eigenvalue weighted by molar-refractivity contribution is 0.479. The first-order chi connectivity index (χ1) is 8.83. The highest BCUT2D eigenvalue weighted by molar-refractivity contribution is 5.14. The van der Waals surface area contributed by atoms with E-state index in [4.69, 9.17) is 0 Å². The molecule has 0 bridgehead atoms. The molecule has 102 valence electrons. The third-order valence-electron chi connectivity index (χ3n) is 3.73. The minimum atomic E-state index is 0.836. The zero-order chi connectivity index (χ0) is 13.1. The van der Waals surface area contributed by atoms with Gasteiger partial charge < -0.3 is 0 Å². The second kappa shape index (κ2) is 10.2. The summed E-state index contributed by atoms with van der Waals surface area (Å²) in [5.41, 5.74) is 1.49. The first kappa shape index (κ1) is 15.3. The zero-order valence-electron chi connectivity index (χ0n) is 12.3. The highest BCUT2D eigenvalue weighted by atomic mass is 14.1. The van der Waals surface area contributed by atoms with E-state index in [1.54, 1.807) is 0 Å². The molecule has 0 aliphatic rings. The Hall–Kier alpha value is -0.780. The van der Waals surface area contributed by atoms with Crippen molar-refractivity contribution >= 4 is 0 Å². The third-order valence-corrected chi connectivity index (χ3v) is 3.73. The second-order valence-electron chi connectivity index (χ2n) is 5.70. The Morgan fingerprint density at radius 3 is 2.11 bits per heavy atom. The topological polar surface area (TPSA) is 0 Å². The van der Waals surface area contributed by atoms with Crippen molar-refractivity contribution in [2.24, 2.45) is 5.92 Å². The number of unbranched alkanes of at least 4 members (excludes halogenated alkanes) is 6. The van der Waals surface area contributed by atoms with E-state index in [1.165, 1.54) is 63.4 Å². The smallest absolute Gasteiger partial charge is 0.0253 e. The van der Waals surface area contributed by atoms with Crippen LogP contribution >= 0.6 is 0 Å². The van der Waals surface area contributed by atoms with Crippen molar-refractivity contribution in [2.45, 2.75) is 71.6 Å². The summed E-state index contributed by atoms with van der Waals surface area (Å²) >= 11 is 0. The van der Waals surface area contributed by atoms with Crippen molar-refractivity contribution < 1.29 is 0 Å². The molecule has 0 aliphatic heterocycles. The van der Waals surface area contributed by atoms with Gasteiger partial charge in [-0.25, -0.2) is 0 Å². The lowest BCUT2D eigenvalue weighted by atomic mass is 9.95. The van der Waals surface area contributed by atoms with E-state index in [1.807, 2.05) is 0 Å². The fourth-order valence-electron chi connectivity index (χ4n) is 2.57. The second-order valence-corrected chi connectivity index (χ2v) is 5.70. The number of hydrogen-bond acceptors (Lipinski definition) is 0. The molecule has 0 spiro atoms. The maximum atomic E-state index is 2.39. The summed E-state index contributed by atoms with van der Waals surface area (Å²) in [5, 5.41) is 0. The summed E-state index contributed by atoms with van der Waals surface area (Å²) in [6.07, 6.45) is 12.6. The van der Waals surface area contributed by atoms with E-state index in [-0.39, 0.29) is 0 Å². The van der Waals surface area contributed by atoms with Gasteiger partial charge in [-0.05, 0) is 17.9 Å². The van der Waals surface area contributed by atoms with E-state index in [0.717, 1.165) is 5.92 Å². The maximum Gasteiger partial charge on any atom is -0.0253 e. The Bertz CT molecular complexity index is 275. The summed E-state index contributed by atoms with van der Waals surface area (Å²) in [6.45, 7) is 4.68. The van der Waals surface area contributed by atoms with Gasteiger partial charge in [-0.15, -0.1) is 0 Å². The van der Waals surface area contributed by atoms with E-state index >= 15 is 0 Å². The van der Waals surface area contributed by atoms with Crippen LogP contribution in [-0.4, -0.2) is 0 Å². The molecule has 0 heteroatoms. The van der Waals surface area contributed by atoms with E-state index in [9.17, 15) is 0 Å². The summed E-state index contributed by atoms with van der Waals surface area (Å²) in [5.74, 6) is 0.836. The van der Waals surface area contributed by atoms with E-state index < -0.39 is 0 Å². The monoisotopic (exact) mass is 246 g/mol. The van der Waals surface area contributed by atoms with Crippen LogP contribution in [-0.2, 0) is 6.42 Å². The van der Waals surface area contributed by atoms with Gasteiger partial charge in [0.15, 0.2) is 0 Å². The molecule has 0 saturated heterocycles. The van der Waals surface area contributed by atoms with Crippen LogP contribution in [0.1, 0.15) is 70.8 Å². The average molecular weight is 246 g/mol. The summed E-state index contributed by atoms with van der Waals surface area (Å²) in [4.78, 5) is 0. The van der Waals surface area contributed by atoms with Gasteiger partial charge in [0.1, 0.15) is 0 Å². The van der Waals surface area contributed by atoms with Crippen LogP contribution in [0.4, 0.5) is 0 Å². The van der Waals surface area contributed by atoms with Crippen molar-refractivity contribution in [3.8, 4) is 0 Å². The van der Waals surface area contributed by atoms with Crippen LogP contribution in [0.5, 0.6) is 0 Å².